The summed E-state index contributed by atoms with van der Waals surface area (Å²) in [6.07, 6.45) is 2.92. The minimum Gasteiger partial charge on any atom is -0.490 e. The zero-order valence-electron chi connectivity index (χ0n) is 13.4. The van der Waals surface area contributed by atoms with Crippen LogP contribution in [0.3, 0.4) is 0 Å². The highest BCUT2D eigenvalue weighted by atomic mass is 32.2. The van der Waals surface area contributed by atoms with Crippen LogP contribution >= 0.6 is 0 Å². The molecule has 128 valence electrons. The molecule has 2 unspecified atom stereocenters. The van der Waals surface area contributed by atoms with Crippen LogP contribution in [0.4, 0.5) is 0 Å². The van der Waals surface area contributed by atoms with E-state index in [1.807, 2.05) is 6.92 Å². The van der Waals surface area contributed by atoms with Crippen molar-refractivity contribution < 1.29 is 17.9 Å². The Bertz CT molecular complexity index is 641. The summed E-state index contributed by atoms with van der Waals surface area (Å²) in [5.41, 5.74) is 0. The predicted molar refractivity (Wildman–Crippen MR) is 87.4 cm³/mol. The van der Waals surface area contributed by atoms with E-state index in [-0.39, 0.29) is 10.9 Å². The van der Waals surface area contributed by atoms with Crippen molar-refractivity contribution in [2.75, 3.05) is 26.3 Å². The molecule has 0 amide bonds. The van der Waals surface area contributed by atoms with E-state index in [9.17, 15) is 8.42 Å². The number of piperidine rings is 1. The standard InChI is InChI=1S/C16H24N2O4S/c1-12(13-4-2-7-17-11-13)18-23(19,20)14-5-6-15-16(10-14)22-9-3-8-21-15/h5-6,10,12-13,17-18H,2-4,7-9,11H2,1H3. The molecule has 23 heavy (non-hydrogen) atoms. The molecule has 3 rings (SSSR count). The monoisotopic (exact) mass is 340 g/mol. The molecule has 0 aromatic heterocycles. The molecule has 2 atom stereocenters. The van der Waals surface area contributed by atoms with E-state index in [2.05, 4.69) is 10.0 Å². The van der Waals surface area contributed by atoms with Crippen molar-refractivity contribution in [2.24, 2.45) is 5.92 Å². The summed E-state index contributed by atoms with van der Waals surface area (Å²) in [5, 5.41) is 3.32. The largest absolute Gasteiger partial charge is 0.490 e. The summed E-state index contributed by atoms with van der Waals surface area (Å²) < 4.78 is 39.2. The average Bonchev–Trinajstić information content (AvgIpc) is 2.80. The molecule has 0 bridgehead atoms. The van der Waals surface area contributed by atoms with E-state index < -0.39 is 10.0 Å². The van der Waals surface area contributed by atoms with Gasteiger partial charge in [-0.2, -0.15) is 0 Å². The number of rotatable bonds is 4. The number of benzene rings is 1. The van der Waals surface area contributed by atoms with Crippen LogP contribution in [-0.4, -0.2) is 40.8 Å². The minimum absolute atomic E-state index is 0.108. The smallest absolute Gasteiger partial charge is 0.240 e. The lowest BCUT2D eigenvalue weighted by molar-refractivity contribution is 0.296. The van der Waals surface area contributed by atoms with E-state index in [0.29, 0.717) is 30.6 Å². The molecule has 1 aromatic carbocycles. The minimum atomic E-state index is -3.57. The summed E-state index contributed by atoms with van der Waals surface area (Å²) >= 11 is 0. The van der Waals surface area contributed by atoms with Gasteiger partial charge in [-0.25, -0.2) is 13.1 Å². The van der Waals surface area contributed by atoms with Gasteiger partial charge in [-0.05, 0) is 50.9 Å². The first-order chi connectivity index (χ1) is 11.1. The lowest BCUT2D eigenvalue weighted by Crippen LogP contribution is -2.44. The molecule has 2 N–H and O–H groups in total. The molecule has 6 nitrogen and oxygen atoms in total. The molecule has 0 aliphatic carbocycles. The number of fused-ring (bicyclic) bond motifs is 1. The third kappa shape index (κ3) is 3.97. The van der Waals surface area contributed by atoms with Crippen molar-refractivity contribution in [1.82, 2.24) is 10.0 Å². The van der Waals surface area contributed by atoms with Crippen molar-refractivity contribution in [2.45, 2.75) is 37.1 Å². The fourth-order valence-corrected chi connectivity index (χ4v) is 4.35. The van der Waals surface area contributed by atoms with Crippen molar-refractivity contribution in [3.8, 4) is 11.5 Å². The van der Waals surface area contributed by atoms with Gasteiger partial charge in [-0.15, -0.1) is 0 Å². The Morgan fingerprint density at radius 2 is 2.00 bits per heavy atom. The zero-order valence-corrected chi connectivity index (χ0v) is 14.2. The maximum atomic E-state index is 12.6. The lowest BCUT2D eigenvalue weighted by atomic mass is 9.94. The predicted octanol–water partition coefficient (Wildman–Crippen LogP) is 1.51. The fraction of sp³-hybridized carbons (Fsp3) is 0.625. The van der Waals surface area contributed by atoms with Crippen LogP contribution in [0.15, 0.2) is 23.1 Å². The molecule has 0 saturated carbocycles. The van der Waals surface area contributed by atoms with E-state index in [1.54, 1.807) is 18.2 Å². The molecule has 1 saturated heterocycles. The molecule has 1 aromatic rings. The molecule has 0 spiro atoms. The summed E-state index contributed by atoms with van der Waals surface area (Å²) in [7, 11) is -3.57. The van der Waals surface area contributed by atoms with Crippen LogP contribution < -0.4 is 19.5 Å². The summed E-state index contributed by atoms with van der Waals surface area (Å²) in [6.45, 7) is 4.92. The summed E-state index contributed by atoms with van der Waals surface area (Å²) in [5.74, 6) is 1.42. The molecule has 0 radical (unpaired) electrons. The number of sulfonamides is 1. The van der Waals surface area contributed by atoms with Crippen molar-refractivity contribution >= 4 is 10.0 Å². The topological polar surface area (TPSA) is 76.7 Å². The first kappa shape index (κ1) is 16.5. The Morgan fingerprint density at radius 1 is 1.22 bits per heavy atom. The Labute approximate surface area is 137 Å². The Morgan fingerprint density at radius 3 is 2.74 bits per heavy atom. The maximum Gasteiger partial charge on any atom is 0.240 e. The Kier molecular flexibility index (Phi) is 5.08. The third-order valence-electron chi connectivity index (χ3n) is 4.41. The van der Waals surface area contributed by atoms with Crippen LogP contribution in [0, 0.1) is 5.92 Å². The van der Waals surface area contributed by atoms with E-state index in [0.717, 1.165) is 32.4 Å². The van der Waals surface area contributed by atoms with Crippen LogP contribution in [0.1, 0.15) is 26.2 Å². The number of nitrogens with one attached hydrogen (secondary N) is 2. The maximum absolute atomic E-state index is 12.6. The molecular formula is C16H24N2O4S. The van der Waals surface area contributed by atoms with E-state index >= 15 is 0 Å². The summed E-state index contributed by atoms with van der Waals surface area (Å²) in [4.78, 5) is 0.220. The van der Waals surface area contributed by atoms with Gasteiger partial charge in [0.25, 0.3) is 0 Å². The second-order valence-corrected chi connectivity index (χ2v) is 7.89. The lowest BCUT2D eigenvalue weighted by Gasteiger charge is -2.28. The SMILES string of the molecule is CC(NS(=O)(=O)c1ccc2c(c1)OCCCO2)C1CCCNC1. The van der Waals surface area contributed by atoms with Gasteiger partial charge in [-0.1, -0.05) is 0 Å². The van der Waals surface area contributed by atoms with Crippen LogP contribution in [0.5, 0.6) is 11.5 Å². The molecule has 7 heteroatoms. The molecule has 1 fully saturated rings. The van der Waals surface area contributed by atoms with Crippen molar-refractivity contribution in [1.29, 1.82) is 0 Å². The number of ether oxygens (including phenoxy) is 2. The van der Waals surface area contributed by atoms with Crippen LogP contribution in [0.25, 0.3) is 0 Å². The Hall–Kier alpha value is -1.31. The molecule has 2 heterocycles. The summed E-state index contributed by atoms with van der Waals surface area (Å²) in [6, 6.07) is 4.68. The van der Waals surface area contributed by atoms with Gasteiger partial charge >= 0.3 is 0 Å². The van der Waals surface area contributed by atoms with Crippen LogP contribution in [0.2, 0.25) is 0 Å². The van der Waals surface area contributed by atoms with Gasteiger partial charge in [0.15, 0.2) is 11.5 Å². The first-order valence-electron chi connectivity index (χ1n) is 8.19. The van der Waals surface area contributed by atoms with Gasteiger partial charge in [0.05, 0.1) is 18.1 Å². The van der Waals surface area contributed by atoms with E-state index in [4.69, 9.17) is 9.47 Å². The fourth-order valence-electron chi connectivity index (χ4n) is 3.03. The molecular weight excluding hydrogens is 316 g/mol. The van der Waals surface area contributed by atoms with Crippen molar-refractivity contribution in [3.63, 3.8) is 0 Å². The van der Waals surface area contributed by atoms with Gasteiger partial charge in [0.1, 0.15) is 0 Å². The third-order valence-corrected chi connectivity index (χ3v) is 5.97. The second kappa shape index (κ2) is 7.07. The van der Waals surface area contributed by atoms with Gasteiger partial charge in [-0.3, -0.25) is 0 Å². The van der Waals surface area contributed by atoms with E-state index in [1.165, 1.54) is 0 Å². The molecule has 2 aliphatic rings. The molecule has 2 aliphatic heterocycles. The highest BCUT2D eigenvalue weighted by molar-refractivity contribution is 7.89. The zero-order chi connectivity index (χ0) is 16.3. The normalized spacial score (nSPS) is 23.1. The highest BCUT2D eigenvalue weighted by Crippen LogP contribution is 2.32. The van der Waals surface area contributed by atoms with Gasteiger partial charge in [0, 0.05) is 18.5 Å². The average molecular weight is 340 g/mol. The first-order valence-corrected chi connectivity index (χ1v) is 9.67. The second-order valence-electron chi connectivity index (χ2n) is 6.18. The van der Waals surface area contributed by atoms with Crippen LogP contribution in [-0.2, 0) is 10.0 Å². The van der Waals surface area contributed by atoms with Gasteiger partial charge in [0.2, 0.25) is 10.0 Å². The Balaban J connectivity index is 1.75. The number of hydrogen-bond acceptors (Lipinski definition) is 5. The quantitative estimate of drug-likeness (QED) is 0.869. The number of hydrogen-bond donors (Lipinski definition) is 2. The van der Waals surface area contributed by atoms with Crippen molar-refractivity contribution in [3.05, 3.63) is 18.2 Å². The van der Waals surface area contributed by atoms with Gasteiger partial charge < -0.3 is 14.8 Å². The highest BCUT2D eigenvalue weighted by Gasteiger charge is 2.26.